The van der Waals surface area contributed by atoms with Gasteiger partial charge in [0.15, 0.2) is 0 Å². The molecular formula is C12H11Br2NO3S. The Morgan fingerprint density at radius 1 is 1.47 bits per heavy atom. The van der Waals surface area contributed by atoms with Gasteiger partial charge in [0.25, 0.3) is 0 Å². The van der Waals surface area contributed by atoms with Crippen molar-refractivity contribution in [1.29, 1.82) is 0 Å². The number of ether oxygens (including phenoxy) is 1. The summed E-state index contributed by atoms with van der Waals surface area (Å²) in [5.74, 6) is 0.395. The fourth-order valence-electron chi connectivity index (χ4n) is 1.65. The lowest BCUT2D eigenvalue weighted by atomic mass is 10.2. The number of carbonyl (C=O) groups excluding carboxylic acids is 1. The normalized spacial score (nSPS) is 12.4. The quantitative estimate of drug-likeness (QED) is 0.778. The summed E-state index contributed by atoms with van der Waals surface area (Å²) in [4.78, 5) is 12.5. The molecule has 0 saturated heterocycles. The lowest BCUT2D eigenvalue weighted by Gasteiger charge is -2.11. The summed E-state index contributed by atoms with van der Waals surface area (Å²) < 4.78 is 12.2. The molecule has 2 heterocycles. The van der Waals surface area contributed by atoms with Crippen LogP contribution >= 0.6 is 43.2 Å². The maximum absolute atomic E-state index is 11.4. The van der Waals surface area contributed by atoms with Gasteiger partial charge in [-0.2, -0.15) is 0 Å². The van der Waals surface area contributed by atoms with E-state index in [1.165, 1.54) is 7.11 Å². The Labute approximate surface area is 131 Å². The molecule has 0 saturated carbocycles. The first-order chi connectivity index (χ1) is 9.06. The molecule has 19 heavy (non-hydrogen) atoms. The SMILES string of the molecule is CNC(c1ccc(C(=O)OC)o1)c1cc(Br)c(Br)s1. The van der Waals surface area contributed by atoms with Crippen LogP contribution in [0.3, 0.4) is 0 Å². The molecule has 0 bridgehead atoms. The van der Waals surface area contributed by atoms with E-state index in [0.29, 0.717) is 5.76 Å². The Balaban J connectivity index is 2.31. The third-order valence-electron chi connectivity index (χ3n) is 2.54. The largest absolute Gasteiger partial charge is 0.463 e. The Morgan fingerprint density at radius 2 is 2.21 bits per heavy atom. The van der Waals surface area contributed by atoms with Crippen LogP contribution in [-0.4, -0.2) is 20.1 Å². The highest BCUT2D eigenvalue weighted by Gasteiger charge is 2.21. The van der Waals surface area contributed by atoms with E-state index in [4.69, 9.17) is 4.42 Å². The van der Waals surface area contributed by atoms with E-state index < -0.39 is 5.97 Å². The van der Waals surface area contributed by atoms with Gasteiger partial charge in [0.1, 0.15) is 11.8 Å². The summed E-state index contributed by atoms with van der Waals surface area (Å²) in [7, 11) is 3.17. The number of methoxy groups -OCH3 is 1. The van der Waals surface area contributed by atoms with Crippen LogP contribution < -0.4 is 5.32 Å². The van der Waals surface area contributed by atoms with E-state index in [2.05, 4.69) is 41.9 Å². The summed E-state index contributed by atoms with van der Waals surface area (Å²) in [5, 5.41) is 3.17. The average Bonchev–Trinajstić information content (AvgIpc) is 2.99. The molecule has 0 radical (unpaired) electrons. The van der Waals surface area contributed by atoms with Crippen LogP contribution in [0, 0.1) is 0 Å². The highest BCUT2D eigenvalue weighted by atomic mass is 79.9. The zero-order chi connectivity index (χ0) is 14.0. The van der Waals surface area contributed by atoms with E-state index in [-0.39, 0.29) is 11.8 Å². The monoisotopic (exact) mass is 407 g/mol. The second-order valence-electron chi connectivity index (χ2n) is 3.69. The molecule has 7 heteroatoms. The van der Waals surface area contributed by atoms with Crippen LogP contribution in [0.1, 0.15) is 27.2 Å². The predicted octanol–water partition coefficient (Wildman–Crippen LogP) is 3.96. The maximum atomic E-state index is 11.4. The van der Waals surface area contributed by atoms with E-state index in [0.717, 1.165) is 13.1 Å². The lowest BCUT2D eigenvalue weighted by molar-refractivity contribution is 0.0562. The molecule has 1 atom stereocenters. The van der Waals surface area contributed by atoms with E-state index in [1.54, 1.807) is 23.5 Å². The number of furan rings is 1. The number of thiophene rings is 1. The molecule has 2 aromatic rings. The minimum atomic E-state index is -0.477. The van der Waals surface area contributed by atoms with Gasteiger partial charge in [-0.1, -0.05) is 0 Å². The molecule has 0 aliphatic rings. The zero-order valence-corrected chi connectivity index (χ0v) is 14.2. The first-order valence-electron chi connectivity index (χ1n) is 5.37. The van der Waals surface area contributed by atoms with Gasteiger partial charge in [0.2, 0.25) is 5.76 Å². The lowest BCUT2D eigenvalue weighted by Crippen LogP contribution is -2.15. The van der Waals surface area contributed by atoms with Crippen molar-refractivity contribution in [1.82, 2.24) is 5.32 Å². The molecule has 0 spiro atoms. The second-order valence-corrected chi connectivity index (χ2v) is 6.94. The molecule has 0 fully saturated rings. The fraction of sp³-hybridized carbons (Fsp3) is 0.250. The van der Waals surface area contributed by atoms with E-state index >= 15 is 0 Å². The van der Waals surface area contributed by atoms with Gasteiger partial charge >= 0.3 is 5.97 Å². The Kier molecular flexibility index (Phi) is 4.83. The minimum absolute atomic E-state index is 0.106. The third kappa shape index (κ3) is 3.10. The fourth-order valence-corrected chi connectivity index (χ4v) is 3.86. The number of nitrogens with one attached hydrogen (secondary N) is 1. The number of carbonyl (C=O) groups is 1. The van der Waals surface area contributed by atoms with Crippen molar-refractivity contribution in [3.8, 4) is 0 Å². The van der Waals surface area contributed by atoms with Crippen molar-refractivity contribution in [3.63, 3.8) is 0 Å². The molecule has 1 N–H and O–H groups in total. The van der Waals surface area contributed by atoms with E-state index in [9.17, 15) is 4.79 Å². The van der Waals surface area contributed by atoms with Crippen LogP contribution in [0.4, 0.5) is 0 Å². The van der Waals surface area contributed by atoms with Gasteiger partial charge in [-0.3, -0.25) is 0 Å². The van der Waals surface area contributed by atoms with Gasteiger partial charge in [-0.05, 0) is 57.1 Å². The average molecular weight is 409 g/mol. The third-order valence-corrected chi connectivity index (χ3v) is 5.86. The van der Waals surface area contributed by atoms with Crippen molar-refractivity contribution in [2.75, 3.05) is 14.2 Å². The standard InChI is InChI=1S/C12H11Br2NO3S/c1-15-10(9-5-6(13)11(14)19-9)7-3-4-8(18-7)12(16)17-2/h3-5,10,15H,1-2H3. The van der Waals surface area contributed by atoms with Crippen LogP contribution in [0.25, 0.3) is 0 Å². The van der Waals surface area contributed by atoms with Crippen LogP contribution in [0.2, 0.25) is 0 Å². The van der Waals surface area contributed by atoms with Crippen molar-refractivity contribution in [2.24, 2.45) is 0 Å². The van der Waals surface area contributed by atoms with Gasteiger partial charge in [-0.15, -0.1) is 11.3 Å². The van der Waals surface area contributed by atoms with Crippen molar-refractivity contribution >= 4 is 49.2 Å². The summed E-state index contributed by atoms with van der Waals surface area (Å²) in [6.07, 6.45) is 0. The second kappa shape index (κ2) is 6.21. The topological polar surface area (TPSA) is 51.5 Å². The first kappa shape index (κ1) is 14.8. The molecule has 4 nitrogen and oxygen atoms in total. The van der Waals surface area contributed by atoms with Crippen LogP contribution in [-0.2, 0) is 4.74 Å². The van der Waals surface area contributed by atoms with Gasteiger partial charge in [-0.25, -0.2) is 4.79 Å². The Morgan fingerprint density at radius 3 is 2.74 bits per heavy atom. The van der Waals surface area contributed by atoms with E-state index in [1.807, 2.05) is 13.1 Å². The highest BCUT2D eigenvalue weighted by molar-refractivity contribution is 9.13. The molecule has 102 valence electrons. The van der Waals surface area contributed by atoms with Gasteiger partial charge < -0.3 is 14.5 Å². The van der Waals surface area contributed by atoms with Gasteiger partial charge in [0, 0.05) is 9.35 Å². The first-order valence-corrected chi connectivity index (χ1v) is 7.77. The number of esters is 1. The van der Waals surface area contributed by atoms with Crippen molar-refractivity contribution in [3.05, 3.63) is 42.9 Å². The predicted molar refractivity (Wildman–Crippen MR) is 80.7 cm³/mol. The molecule has 0 aromatic carbocycles. The molecule has 1 unspecified atom stereocenters. The summed E-state index contributed by atoms with van der Waals surface area (Å²) >= 11 is 8.52. The molecular weight excluding hydrogens is 398 g/mol. The minimum Gasteiger partial charge on any atom is -0.463 e. The Hall–Kier alpha value is -0.630. The van der Waals surface area contributed by atoms with Gasteiger partial charge in [0.05, 0.1) is 10.9 Å². The molecule has 2 rings (SSSR count). The molecule has 0 aliphatic carbocycles. The number of halogens is 2. The van der Waals surface area contributed by atoms with Crippen molar-refractivity contribution in [2.45, 2.75) is 6.04 Å². The highest BCUT2D eigenvalue weighted by Crippen LogP contribution is 2.37. The molecule has 0 aliphatic heterocycles. The summed E-state index contributed by atoms with van der Waals surface area (Å²) in [6, 6.07) is 5.29. The maximum Gasteiger partial charge on any atom is 0.373 e. The molecule has 2 aromatic heterocycles. The summed E-state index contributed by atoms with van der Waals surface area (Å²) in [5.41, 5.74) is 0. The number of rotatable bonds is 4. The van der Waals surface area contributed by atoms with Crippen LogP contribution in [0.15, 0.2) is 30.9 Å². The summed E-state index contributed by atoms with van der Waals surface area (Å²) in [6.45, 7) is 0. The molecule has 0 amide bonds. The smallest absolute Gasteiger partial charge is 0.373 e. The van der Waals surface area contributed by atoms with Crippen molar-refractivity contribution < 1.29 is 13.9 Å². The van der Waals surface area contributed by atoms with Crippen LogP contribution in [0.5, 0.6) is 0 Å². The Bertz CT molecular complexity index is 574. The number of hydrogen-bond acceptors (Lipinski definition) is 5. The number of hydrogen-bond donors (Lipinski definition) is 1. The zero-order valence-electron chi connectivity index (χ0n) is 10.2.